The quantitative estimate of drug-likeness (QED) is 0.734. The van der Waals surface area contributed by atoms with Crippen molar-refractivity contribution in [1.29, 1.82) is 0 Å². The summed E-state index contributed by atoms with van der Waals surface area (Å²) in [5, 5.41) is 12.0. The van der Waals surface area contributed by atoms with E-state index < -0.39 is 5.72 Å². The Balaban J connectivity index is 1.75. The highest BCUT2D eigenvalue weighted by Crippen LogP contribution is 2.39. The van der Waals surface area contributed by atoms with Crippen molar-refractivity contribution in [3.05, 3.63) is 48.0 Å². The fourth-order valence-electron chi connectivity index (χ4n) is 4.53. The molecule has 0 spiro atoms. The minimum Gasteiger partial charge on any atom is -0.494 e. The van der Waals surface area contributed by atoms with Crippen LogP contribution in [-0.4, -0.2) is 49.4 Å². The first-order valence-corrected chi connectivity index (χ1v) is 10.7. The first-order chi connectivity index (χ1) is 14.6. The van der Waals surface area contributed by atoms with Crippen LogP contribution in [0.15, 0.2) is 42.5 Å². The van der Waals surface area contributed by atoms with Gasteiger partial charge in [0.2, 0.25) is 0 Å². The van der Waals surface area contributed by atoms with Gasteiger partial charge in [-0.2, -0.15) is 0 Å². The van der Waals surface area contributed by atoms with Crippen molar-refractivity contribution in [2.45, 2.75) is 38.3 Å². The molecule has 1 atom stereocenters. The second-order valence-electron chi connectivity index (χ2n) is 7.78. The molecule has 30 heavy (non-hydrogen) atoms. The zero-order valence-electron chi connectivity index (χ0n) is 18.1. The Labute approximate surface area is 178 Å². The predicted molar refractivity (Wildman–Crippen MR) is 117 cm³/mol. The molecule has 2 aromatic rings. The predicted octanol–water partition coefficient (Wildman–Crippen LogP) is 3.75. The maximum absolute atomic E-state index is 12.0. The Morgan fingerprint density at radius 3 is 2.47 bits per heavy atom. The highest BCUT2D eigenvalue weighted by molar-refractivity contribution is 5.96. The van der Waals surface area contributed by atoms with Crippen LogP contribution in [0.5, 0.6) is 17.2 Å². The van der Waals surface area contributed by atoms with Crippen LogP contribution in [0.25, 0.3) is 0 Å². The van der Waals surface area contributed by atoms with Crippen LogP contribution < -0.4 is 19.1 Å². The number of hydrogen-bond donors (Lipinski definition) is 1. The Morgan fingerprint density at radius 2 is 1.77 bits per heavy atom. The van der Waals surface area contributed by atoms with Crippen LogP contribution in [0.3, 0.4) is 0 Å². The zero-order chi connectivity index (χ0) is 21.1. The maximum atomic E-state index is 12.0. The molecular weight excluding hydrogens is 380 g/mol. The molecule has 2 aliphatic heterocycles. The summed E-state index contributed by atoms with van der Waals surface area (Å²) in [6.45, 7) is 3.92. The van der Waals surface area contributed by atoms with Gasteiger partial charge in [0.05, 0.1) is 27.4 Å². The number of methoxy groups -OCH3 is 2. The summed E-state index contributed by atoms with van der Waals surface area (Å²) in [6.07, 6.45) is 4.31. The average Bonchev–Trinajstić information content (AvgIpc) is 2.92. The van der Waals surface area contributed by atoms with Crippen LogP contribution in [0, 0.1) is 0 Å². The van der Waals surface area contributed by atoms with Crippen LogP contribution in [0.4, 0.5) is 5.69 Å². The molecule has 6 nitrogen and oxygen atoms in total. The standard InChI is InChI=1S/C24H31N2O4/c1-4-30-20-12-10-19(11-13-20)25-17-24(27,26-15-7-5-6-8-23(25)26)18-9-14-21(28-2)22(16-18)29-3/h9-14,16,27H,4-8,15,17H2,1-3H3/q+1. The smallest absolute Gasteiger partial charge is 0.271 e. The number of β-amino-alcohol motifs (C(OH)–C–C–N with tert-alkyl or cyclic N) is 1. The van der Waals surface area contributed by atoms with Gasteiger partial charge in [-0.25, -0.2) is 9.48 Å². The summed E-state index contributed by atoms with van der Waals surface area (Å²) in [4.78, 5) is 2.25. The molecule has 0 saturated heterocycles. The van der Waals surface area contributed by atoms with Crippen LogP contribution in [-0.2, 0) is 5.72 Å². The van der Waals surface area contributed by atoms with Gasteiger partial charge in [-0.15, -0.1) is 0 Å². The molecule has 0 fully saturated rings. The lowest BCUT2D eigenvalue weighted by atomic mass is 10.0. The second-order valence-corrected chi connectivity index (χ2v) is 7.78. The van der Waals surface area contributed by atoms with Crippen molar-refractivity contribution in [2.75, 3.05) is 38.8 Å². The maximum Gasteiger partial charge on any atom is 0.271 e. The number of ether oxygens (including phenoxy) is 3. The van der Waals surface area contributed by atoms with Crippen molar-refractivity contribution in [1.82, 2.24) is 0 Å². The topological polar surface area (TPSA) is 54.2 Å². The van der Waals surface area contributed by atoms with Gasteiger partial charge in [0.15, 0.2) is 18.0 Å². The van der Waals surface area contributed by atoms with E-state index >= 15 is 0 Å². The third-order valence-electron chi connectivity index (χ3n) is 6.04. The summed E-state index contributed by atoms with van der Waals surface area (Å²) in [5.74, 6) is 3.32. The molecule has 0 saturated carbocycles. The SMILES string of the molecule is CCOc1ccc(N2CC(O)(c3ccc(OC)c(OC)c3)[N+]3=C2CCCCC3)cc1. The van der Waals surface area contributed by atoms with Gasteiger partial charge in [0.1, 0.15) is 11.4 Å². The van der Waals surface area contributed by atoms with E-state index in [0.29, 0.717) is 24.7 Å². The van der Waals surface area contributed by atoms with Gasteiger partial charge < -0.3 is 19.3 Å². The summed E-state index contributed by atoms with van der Waals surface area (Å²) in [6, 6.07) is 13.8. The third-order valence-corrected chi connectivity index (χ3v) is 6.04. The normalized spacial score (nSPS) is 21.3. The fraction of sp³-hybridized carbons (Fsp3) is 0.458. The minimum absolute atomic E-state index is 0.464. The van der Waals surface area contributed by atoms with Crippen molar-refractivity contribution >= 4 is 11.5 Å². The van der Waals surface area contributed by atoms with Gasteiger partial charge in [-0.05, 0) is 68.7 Å². The first kappa shape index (κ1) is 20.5. The van der Waals surface area contributed by atoms with Gasteiger partial charge in [-0.1, -0.05) is 0 Å². The molecule has 4 rings (SSSR count). The number of nitrogens with zero attached hydrogens (tertiary/aromatic N) is 2. The molecule has 0 aromatic heterocycles. The molecule has 0 amide bonds. The number of aliphatic hydroxyl groups is 1. The Kier molecular flexibility index (Phi) is 5.86. The first-order valence-electron chi connectivity index (χ1n) is 10.7. The van der Waals surface area contributed by atoms with Crippen molar-refractivity contribution in [2.24, 2.45) is 0 Å². The van der Waals surface area contributed by atoms with E-state index in [1.165, 1.54) is 12.3 Å². The van der Waals surface area contributed by atoms with Crippen LogP contribution in [0.1, 0.15) is 38.2 Å². The number of benzene rings is 2. The molecule has 0 radical (unpaired) electrons. The Bertz CT molecular complexity index is 925. The van der Waals surface area contributed by atoms with Gasteiger partial charge in [-0.3, -0.25) is 0 Å². The molecule has 0 aliphatic carbocycles. The largest absolute Gasteiger partial charge is 0.494 e. The third kappa shape index (κ3) is 3.60. The van der Waals surface area contributed by atoms with Crippen molar-refractivity contribution in [3.63, 3.8) is 0 Å². The van der Waals surface area contributed by atoms with Gasteiger partial charge in [0, 0.05) is 12.0 Å². The Morgan fingerprint density at radius 1 is 1.00 bits per heavy atom. The second kappa shape index (κ2) is 8.56. The molecule has 2 aliphatic rings. The van der Waals surface area contributed by atoms with E-state index in [-0.39, 0.29) is 0 Å². The van der Waals surface area contributed by atoms with E-state index in [0.717, 1.165) is 42.8 Å². The van der Waals surface area contributed by atoms with Crippen LogP contribution in [0.2, 0.25) is 0 Å². The molecule has 1 N–H and O–H groups in total. The van der Waals surface area contributed by atoms with Crippen LogP contribution >= 0.6 is 0 Å². The van der Waals surface area contributed by atoms with E-state index in [1.807, 2.05) is 37.3 Å². The summed E-state index contributed by atoms with van der Waals surface area (Å²) >= 11 is 0. The monoisotopic (exact) mass is 411 g/mol. The highest BCUT2D eigenvalue weighted by Gasteiger charge is 2.52. The number of hydrogen-bond acceptors (Lipinski definition) is 5. The average molecular weight is 412 g/mol. The lowest BCUT2D eigenvalue weighted by Crippen LogP contribution is -2.41. The minimum atomic E-state index is -1.13. The summed E-state index contributed by atoms with van der Waals surface area (Å²) in [7, 11) is 3.24. The number of rotatable bonds is 6. The van der Waals surface area contributed by atoms with E-state index in [2.05, 4.69) is 21.6 Å². The van der Waals surface area contributed by atoms with E-state index in [4.69, 9.17) is 14.2 Å². The number of amidine groups is 1. The highest BCUT2D eigenvalue weighted by atomic mass is 16.5. The summed E-state index contributed by atoms with van der Waals surface area (Å²) < 4.78 is 18.7. The van der Waals surface area contributed by atoms with Gasteiger partial charge in [0.25, 0.3) is 11.6 Å². The zero-order valence-corrected chi connectivity index (χ0v) is 18.1. The van der Waals surface area contributed by atoms with Crippen molar-refractivity contribution in [3.8, 4) is 17.2 Å². The lowest BCUT2D eigenvalue weighted by Gasteiger charge is -2.24. The van der Waals surface area contributed by atoms with Gasteiger partial charge >= 0.3 is 0 Å². The molecule has 160 valence electrons. The number of anilines is 1. The summed E-state index contributed by atoms with van der Waals surface area (Å²) in [5.41, 5.74) is 0.752. The molecule has 2 heterocycles. The van der Waals surface area contributed by atoms with E-state index in [1.54, 1.807) is 14.2 Å². The molecule has 2 aromatic carbocycles. The molecule has 6 heteroatoms. The fourth-order valence-corrected chi connectivity index (χ4v) is 4.53. The van der Waals surface area contributed by atoms with Crippen molar-refractivity contribution < 1.29 is 23.9 Å². The Hall–Kier alpha value is -2.73. The molecular formula is C24H31N2O4+. The molecule has 1 unspecified atom stereocenters. The lowest BCUT2D eigenvalue weighted by molar-refractivity contribution is -0.658. The molecule has 0 bridgehead atoms. The van der Waals surface area contributed by atoms with E-state index in [9.17, 15) is 5.11 Å².